The van der Waals surface area contributed by atoms with E-state index in [4.69, 9.17) is 14.6 Å². The Morgan fingerprint density at radius 3 is 1.86 bits per heavy atom. The minimum Gasteiger partial charge on any atom is -0.416 e. The van der Waals surface area contributed by atoms with Crippen molar-refractivity contribution in [1.29, 1.82) is 0 Å². The van der Waals surface area contributed by atoms with Gasteiger partial charge in [-0.2, -0.15) is 4.79 Å². The van der Waals surface area contributed by atoms with Crippen molar-refractivity contribution in [1.82, 2.24) is 0 Å². The average Bonchev–Trinajstić information content (AvgIpc) is 2.49. The molecule has 6 nitrogen and oxygen atoms in total. The second kappa shape index (κ2) is 7.36. The smallest absolute Gasteiger partial charge is 0.416 e. The molecule has 0 atom stereocenters. The lowest BCUT2D eigenvalue weighted by atomic mass is 10.3. The van der Waals surface area contributed by atoms with E-state index in [1.807, 2.05) is 0 Å². The van der Waals surface area contributed by atoms with Gasteiger partial charge in [0.15, 0.2) is 0 Å². The van der Waals surface area contributed by atoms with Crippen LogP contribution in [0, 0.1) is 0 Å². The number of rotatable bonds is 7. The number of Topliss-reactive ketones (excluding diaryl/α,β-unsaturated/α-hetero) is 1. The molecule has 112 valence electrons. The third-order valence-electron chi connectivity index (χ3n) is 2.53. The standard InChI is InChI=1S/C15H13N2O4P/c16-17-11-13(18)12-22(19,20-14-7-3-1-4-8-14)21-15-9-5-2-6-10-15/h1-11H,12H2. The summed E-state index contributed by atoms with van der Waals surface area (Å²) in [6, 6.07) is 16.8. The van der Waals surface area contributed by atoms with Crippen LogP contribution in [0.5, 0.6) is 11.5 Å². The van der Waals surface area contributed by atoms with Crippen molar-refractivity contribution in [3.8, 4) is 11.5 Å². The van der Waals surface area contributed by atoms with E-state index in [2.05, 4.69) is 4.79 Å². The summed E-state index contributed by atoms with van der Waals surface area (Å²) < 4.78 is 23.6. The second-order valence-corrected chi connectivity index (χ2v) is 6.19. The summed E-state index contributed by atoms with van der Waals surface area (Å²) in [4.78, 5) is 14.2. The molecular weight excluding hydrogens is 303 g/mol. The van der Waals surface area contributed by atoms with Crippen molar-refractivity contribution in [2.24, 2.45) is 0 Å². The Morgan fingerprint density at radius 1 is 1.00 bits per heavy atom. The van der Waals surface area contributed by atoms with Gasteiger partial charge < -0.3 is 14.6 Å². The summed E-state index contributed by atoms with van der Waals surface area (Å²) in [6.45, 7) is 0. The first-order valence-corrected chi connectivity index (χ1v) is 8.13. The van der Waals surface area contributed by atoms with Crippen LogP contribution < -0.4 is 9.05 Å². The molecule has 0 unspecified atom stereocenters. The Bertz CT molecular complexity index is 682. The van der Waals surface area contributed by atoms with Gasteiger partial charge in [0.25, 0.3) is 5.78 Å². The monoisotopic (exact) mass is 316 g/mol. The van der Waals surface area contributed by atoms with Gasteiger partial charge in [0.05, 0.1) is 0 Å². The summed E-state index contributed by atoms with van der Waals surface area (Å²) in [5.74, 6) is -0.0382. The largest absolute Gasteiger partial charge is 0.438 e. The summed E-state index contributed by atoms with van der Waals surface area (Å²) in [5, 5.41) is 0. The molecule has 2 aromatic carbocycles. The molecule has 0 aliphatic rings. The number of hydrogen-bond acceptors (Lipinski definition) is 4. The number of hydrogen-bond donors (Lipinski definition) is 0. The van der Waals surface area contributed by atoms with Crippen LogP contribution in [0.2, 0.25) is 0 Å². The highest BCUT2D eigenvalue weighted by atomic mass is 31.2. The van der Waals surface area contributed by atoms with Crippen molar-refractivity contribution in [3.63, 3.8) is 0 Å². The molecule has 2 aromatic rings. The van der Waals surface area contributed by atoms with E-state index in [9.17, 15) is 9.36 Å². The molecule has 7 heteroatoms. The van der Waals surface area contributed by atoms with Crippen LogP contribution in [-0.4, -0.2) is 22.9 Å². The predicted molar refractivity (Wildman–Crippen MR) is 81.3 cm³/mol. The van der Waals surface area contributed by atoms with Crippen molar-refractivity contribution in [2.75, 3.05) is 6.16 Å². The molecule has 0 aromatic heterocycles. The van der Waals surface area contributed by atoms with Gasteiger partial charge in [0, 0.05) is 0 Å². The first-order chi connectivity index (χ1) is 10.6. The van der Waals surface area contributed by atoms with E-state index in [-0.39, 0.29) is 0 Å². The summed E-state index contributed by atoms with van der Waals surface area (Å²) in [7, 11) is -3.80. The highest BCUT2D eigenvalue weighted by Crippen LogP contribution is 2.48. The highest BCUT2D eigenvalue weighted by molar-refractivity contribution is 7.55. The Labute approximate surface area is 127 Å². The van der Waals surface area contributed by atoms with Crippen LogP contribution >= 0.6 is 7.60 Å². The molecule has 0 aliphatic carbocycles. The van der Waals surface area contributed by atoms with Gasteiger partial charge in [-0.1, -0.05) is 36.4 Å². The minimum atomic E-state index is -3.80. The van der Waals surface area contributed by atoms with Crippen LogP contribution in [0.4, 0.5) is 0 Å². The first-order valence-electron chi connectivity index (χ1n) is 6.40. The van der Waals surface area contributed by atoms with Gasteiger partial charge in [-0.15, -0.1) is 0 Å². The molecule has 0 aliphatic heterocycles. The molecule has 0 heterocycles. The average molecular weight is 316 g/mol. The van der Waals surface area contributed by atoms with Crippen LogP contribution in [0.15, 0.2) is 60.7 Å². The molecule has 0 spiro atoms. The molecule has 0 saturated heterocycles. The van der Waals surface area contributed by atoms with Gasteiger partial charge in [0.2, 0.25) is 0 Å². The summed E-state index contributed by atoms with van der Waals surface area (Å²) >= 11 is 0. The Kier molecular flexibility index (Phi) is 5.26. The van der Waals surface area contributed by atoms with Crippen LogP contribution in [0.25, 0.3) is 5.53 Å². The lowest BCUT2D eigenvalue weighted by Gasteiger charge is -2.18. The van der Waals surface area contributed by atoms with E-state index >= 15 is 0 Å². The van der Waals surface area contributed by atoms with E-state index in [1.165, 1.54) is 0 Å². The molecule has 0 saturated carbocycles. The molecule has 0 N–H and O–H groups in total. The van der Waals surface area contributed by atoms with Crippen LogP contribution in [0.1, 0.15) is 0 Å². The zero-order chi connectivity index (χ0) is 15.8. The molecule has 0 amide bonds. The number of benzene rings is 2. The van der Waals surface area contributed by atoms with E-state index < -0.39 is 19.5 Å². The molecule has 2 rings (SSSR count). The summed E-state index contributed by atoms with van der Waals surface area (Å²) in [6.07, 6.45) is 0.121. The molecule has 0 radical (unpaired) electrons. The first kappa shape index (κ1) is 15.7. The molecule has 22 heavy (non-hydrogen) atoms. The van der Waals surface area contributed by atoms with Gasteiger partial charge in [0.1, 0.15) is 17.7 Å². The number of carbonyl (C=O) groups is 1. The Morgan fingerprint density at radius 2 is 1.45 bits per heavy atom. The van der Waals surface area contributed by atoms with Crippen molar-refractivity contribution in [2.45, 2.75) is 0 Å². The Balaban J connectivity index is 2.25. The zero-order valence-corrected chi connectivity index (χ0v) is 12.4. The van der Waals surface area contributed by atoms with Gasteiger partial charge in [-0.05, 0) is 24.3 Å². The zero-order valence-electron chi connectivity index (χ0n) is 11.5. The van der Waals surface area contributed by atoms with Gasteiger partial charge in [-0.3, -0.25) is 4.79 Å². The number of nitrogens with zero attached hydrogens (tertiary/aromatic N) is 2. The number of ketones is 1. The van der Waals surface area contributed by atoms with Gasteiger partial charge >= 0.3 is 13.8 Å². The topological polar surface area (TPSA) is 89.0 Å². The highest BCUT2D eigenvalue weighted by Gasteiger charge is 2.32. The number of carbonyl (C=O) groups excluding carboxylic acids is 1. The van der Waals surface area contributed by atoms with Gasteiger partial charge in [-0.25, -0.2) is 4.57 Å². The van der Waals surface area contributed by atoms with E-state index in [0.717, 1.165) is 0 Å². The normalized spacial score (nSPS) is 10.4. The van der Waals surface area contributed by atoms with E-state index in [0.29, 0.717) is 17.7 Å². The van der Waals surface area contributed by atoms with E-state index in [1.54, 1.807) is 60.7 Å². The minimum absolute atomic E-state index is 0.315. The fourth-order valence-corrected chi connectivity index (χ4v) is 3.18. The Hall–Kier alpha value is -2.68. The quantitative estimate of drug-likeness (QED) is 0.339. The maximum Gasteiger partial charge on any atom is 0.438 e. The number of para-hydroxylation sites is 2. The SMILES string of the molecule is [N-]=[N+]=CC(=O)CP(=O)(Oc1ccccc1)Oc1ccccc1. The predicted octanol–water partition coefficient (Wildman–Crippen LogP) is 3.21. The molecular formula is C15H13N2O4P. The lowest BCUT2D eigenvalue weighted by Crippen LogP contribution is -2.14. The van der Waals surface area contributed by atoms with Crippen molar-refractivity contribution in [3.05, 3.63) is 66.2 Å². The molecule has 0 bridgehead atoms. The summed E-state index contributed by atoms with van der Waals surface area (Å²) in [5.41, 5.74) is 8.39. The van der Waals surface area contributed by atoms with Crippen molar-refractivity contribution >= 4 is 19.6 Å². The third-order valence-corrected chi connectivity index (χ3v) is 4.20. The lowest BCUT2D eigenvalue weighted by molar-refractivity contribution is -0.114. The van der Waals surface area contributed by atoms with Crippen LogP contribution in [0.3, 0.4) is 0 Å². The molecule has 0 fully saturated rings. The fourth-order valence-electron chi connectivity index (χ4n) is 1.66. The van der Waals surface area contributed by atoms with Crippen LogP contribution in [-0.2, 0) is 9.36 Å². The maximum atomic E-state index is 12.8. The maximum absolute atomic E-state index is 12.8. The van der Waals surface area contributed by atoms with Crippen molar-refractivity contribution < 1.29 is 23.2 Å². The third kappa shape index (κ3) is 4.70. The second-order valence-electron chi connectivity index (χ2n) is 4.29. The fraction of sp³-hybridized carbons (Fsp3) is 0.0667.